The summed E-state index contributed by atoms with van der Waals surface area (Å²) in [6.07, 6.45) is 3.64. The second kappa shape index (κ2) is 5.07. The molecule has 4 rings (SSSR count). The van der Waals surface area contributed by atoms with Crippen molar-refractivity contribution in [2.75, 3.05) is 0 Å². The Morgan fingerprint density at radius 3 is 2.91 bits per heavy atom. The van der Waals surface area contributed by atoms with E-state index in [1.807, 2.05) is 54.2 Å². The lowest BCUT2D eigenvalue weighted by atomic mass is 10.1. The molecule has 2 heterocycles. The van der Waals surface area contributed by atoms with E-state index in [0.717, 1.165) is 28.1 Å². The van der Waals surface area contributed by atoms with E-state index in [1.54, 1.807) is 16.9 Å². The molecular formula is C17H12N6. The average Bonchev–Trinajstić information content (AvgIpc) is 3.22. The third-order valence-electron chi connectivity index (χ3n) is 3.76. The molecular weight excluding hydrogens is 288 g/mol. The van der Waals surface area contributed by atoms with Crippen LogP contribution in [0.3, 0.4) is 0 Å². The maximum absolute atomic E-state index is 9.07. The van der Waals surface area contributed by atoms with Crippen LogP contribution < -0.4 is 0 Å². The van der Waals surface area contributed by atoms with Crippen LogP contribution in [0.25, 0.3) is 28.1 Å². The molecule has 2 aromatic heterocycles. The summed E-state index contributed by atoms with van der Waals surface area (Å²) >= 11 is 0. The summed E-state index contributed by atoms with van der Waals surface area (Å²) in [6.45, 7) is 0. The molecule has 6 nitrogen and oxygen atoms in total. The predicted octanol–water partition coefficient (Wildman–Crippen LogP) is 2.69. The molecule has 0 fully saturated rings. The van der Waals surface area contributed by atoms with E-state index in [4.69, 9.17) is 5.26 Å². The third kappa shape index (κ3) is 2.15. The molecule has 0 saturated carbocycles. The largest absolute Gasteiger partial charge is 0.300 e. The number of hydrogen-bond acceptors (Lipinski definition) is 4. The lowest BCUT2D eigenvalue weighted by molar-refractivity contribution is 0.736. The van der Waals surface area contributed by atoms with Gasteiger partial charge in [-0.25, -0.2) is 9.67 Å². The molecule has 0 spiro atoms. The highest BCUT2D eigenvalue weighted by Crippen LogP contribution is 2.24. The van der Waals surface area contributed by atoms with Crippen LogP contribution in [0.15, 0.2) is 54.9 Å². The molecule has 0 radical (unpaired) electrons. The quantitative estimate of drug-likeness (QED) is 0.570. The van der Waals surface area contributed by atoms with Crippen LogP contribution in [0, 0.1) is 11.3 Å². The number of nitrogens with zero attached hydrogens (tertiary/aromatic N) is 6. The van der Waals surface area contributed by atoms with Crippen LogP contribution in [-0.4, -0.2) is 24.5 Å². The summed E-state index contributed by atoms with van der Waals surface area (Å²) < 4.78 is 3.72. The van der Waals surface area contributed by atoms with Gasteiger partial charge in [0.05, 0.1) is 17.1 Å². The number of aryl methyl sites for hydroxylation is 1. The molecule has 6 heteroatoms. The Morgan fingerprint density at radius 1 is 1.13 bits per heavy atom. The first-order valence-corrected chi connectivity index (χ1v) is 7.10. The minimum absolute atomic E-state index is 0.612. The van der Waals surface area contributed by atoms with Gasteiger partial charge < -0.3 is 0 Å². The van der Waals surface area contributed by atoms with Gasteiger partial charge in [-0.05, 0) is 30.3 Å². The normalized spacial score (nSPS) is 10.8. The number of imidazole rings is 1. The van der Waals surface area contributed by atoms with Crippen LogP contribution in [0.2, 0.25) is 0 Å². The van der Waals surface area contributed by atoms with Gasteiger partial charge in [-0.1, -0.05) is 17.3 Å². The second-order valence-electron chi connectivity index (χ2n) is 5.20. The van der Waals surface area contributed by atoms with Crippen molar-refractivity contribution in [1.82, 2.24) is 24.5 Å². The van der Waals surface area contributed by atoms with Gasteiger partial charge in [-0.3, -0.25) is 4.57 Å². The number of hydrogen-bond donors (Lipinski definition) is 0. The molecule has 0 aliphatic rings. The first-order valence-electron chi connectivity index (χ1n) is 7.10. The van der Waals surface area contributed by atoms with Crippen molar-refractivity contribution in [3.8, 4) is 23.1 Å². The molecule has 23 heavy (non-hydrogen) atoms. The summed E-state index contributed by atoms with van der Waals surface area (Å²) in [6, 6.07) is 15.5. The minimum Gasteiger partial charge on any atom is -0.300 e. The van der Waals surface area contributed by atoms with Gasteiger partial charge in [0.25, 0.3) is 0 Å². The molecule has 0 atom stereocenters. The zero-order chi connectivity index (χ0) is 15.8. The topological polar surface area (TPSA) is 72.3 Å². The van der Waals surface area contributed by atoms with Crippen LogP contribution >= 0.6 is 0 Å². The summed E-state index contributed by atoms with van der Waals surface area (Å²) in [5.74, 6) is 0.783. The molecule has 2 aromatic carbocycles. The lowest BCUT2D eigenvalue weighted by Crippen LogP contribution is -1.97. The van der Waals surface area contributed by atoms with Crippen molar-refractivity contribution in [1.29, 1.82) is 5.26 Å². The average molecular weight is 300 g/mol. The Morgan fingerprint density at radius 2 is 2.04 bits per heavy atom. The van der Waals surface area contributed by atoms with E-state index >= 15 is 0 Å². The van der Waals surface area contributed by atoms with Crippen LogP contribution in [0.5, 0.6) is 0 Å². The lowest BCUT2D eigenvalue weighted by Gasteiger charge is -2.08. The maximum Gasteiger partial charge on any atom is 0.144 e. The Balaban J connectivity index is 1.86. The van der Waals surface area contributed by atoms with Crippen molar-refractivity contribution in [3.63, 3.8) is 0 Å². The van der Waals surface area contributed by atoms with E-state index in [2.05, 4.69) is 21.4 Å². The van der Waals surface area contributed by atoms with Crippen molar-refractivity contribution >= 4 is 11.0 Å². The van der Waals surface area contributed by atoms with Crippen LogP contribution in [-0.2, 0) is 7.05 Å². The molecule has 0 saturated heterocycles. The van der Waals surface area contributed by atoms with Gasteiger partial charge in [0.1, 0.15) is 11.3 Å². The summed E-state index contributed by atoms with van der Waals surface area (Å²) in [5, 5.41) is 17.3. The molecule has 0 bridgehead atoms. The first kappa shape index (κ1) is 13.2. The number of benzene rings is 2. The molecule has 0 aliphatic heterocycles. The Hall–Kier alpha value is -3.46. The number of aromatic nitrogens is 5. The van der Waals surface area contributed by atoms with Gasteiger partial charge >= 0.3 is 0 Å². The highest BCUT2D eigenvalue weighted by molar-refractivity contribution is 5.77. The van der Waals surface area contributed by atoms with Gasteiger partial charge in [0.15, 0.2) is 0 Å². The zero-order valence-corrected chi connectivity index (χ0v) is 12.4. The number of nitriles is 1. The van der Waals surface area contributed by atoms with Crippen LogP contribution in [0.4, 0.5) is 0 Å². The van der Waals surface area contributed by atoms with Crippen molar-refractivity contribution in [3.05, 3.63) is 60.4 Å². The molecule has 110 valence electrons. The Bertz CT molecular complexity index is 1050. The summed E-state index contributed by atoms with van der Waals surface area (Å²) in [5.41, 5.74) is 4.26. The molecule has 0 unspecified atom stereocenters. The molecule has 0 N–H and O–H groups in total. The molecule has 0 amide bonds. The Kier molecular flexibility index (Phi) is 2.91. The van der Waals surface area contributed by atoms with Crippen molar-refractivity contribution in [2.24, 2.45) is 7.05 Å². The predicted molar refractivity (Wildman–Crippen MR) is 85.8 cm³/mol. The van der Waals surface area contributed by atoms with E-state index in [0.29, 0.717) is 5.56 Å². The van der Waals surface area contributed by atoms with Gasteiger partial charge in [0.2, 0.25) is 0 Å². The van der Waals surface area contributed by atoms with E-state index in [-0.39, 0.29) is 0 Å². The maximum atomic E-state index is 9.07. The van der Waals surface area contributed by atoms with Crippen LogP contribution in [0.1, 0.15) is 5.56 Å². The van der Waals surface area contributed by atoms with Gasteiger partial charge in [0, 0.05) is 30.7 Å². The van der Waals surface area contributed by atoms with Crippen molar-refractivity contribution < 1.29 is 0 Å². The van der Waals surface area contributed by atoms with E-state index in [1.165, 1.54) is 0 Å². The SMILES string of the molecule is Cn1nnc2cc(-n3ccnc3-c3cccc(C#N)c3)ccc21. The van der Waals surface area contributed by atoms with Gasteiger partial charge in [-0.2, -0.15) is 5.26 Å². The Labute approximate surface area is 132 Å². The minimum atomic E-state index is 0.612. The fourth-order valence-electron chi connectivity index (χ4n) is 2.63. The number of rotatable bonds is 2. The highest BCUT2D eigenvalue weighted by Gasteiger charge is 2.10. The van der Waals surface area contributed by atoms with E-state index in [9.17, 15) is 0 Å². The molecule has 0 aliphatic carbocycles. The third-order valence-corrected chi connectivity index (χ3v) is 3.76. The molecule has 4 aromatic rings. The van der Waals surface area contributed by atoms with Gasteiger partial charge in [-0.15, -0.1) is 5.10 Å². The summed E-state index contributed by atoms with van der Waals surface area (Å²) in [4.78, 5) is 4.44. The first-order chi connectivity index (χ1) is 11.3. The highest BCUT2D eigenvalue weighted by atomic mass is 15.4. The zero-order valence-electron chi connectivity index (χ0n) is 12.4. The van der Waals surface area contributed by atoms with E-state index < -0.39 is 0 Å². The fourth-order valence-corrected chi connectivity index (χ4v) is 2.63. The fraction of sp³-hybridized carbons (Fsp3) is 0.0588. The second-order valence-corrected chi connectivity index (χ2v) is 5.20. The smallest absolute Gasteiger partial charge is 0.144 e. The summed E-state index contributed by atoms with van der Waals surface area (Å²) in [7, 11) is 1.87. The monoisotopic (exact) mass is 300 g/mol. The number of fused-ring (bicyclic) bond motifs is 1. The van der Waals surface area contributed by atoms with Crippen molar-refractivity contribution in [2.45, 2.75) is 0 Å². The standard InChI is InChI=1S/C17H12N6/c1-22-16-6-5-14(10-15(16)20-21-22)23-8-7-19-17(23)13-4-2-3-12(9-13)11-18/h2-10H,1H3.